The molecule has 0 aliphatic rings. The van der Waals surface area contributed by atoms with Crippen LogP contribution >= 0.6 is 0 Å². The second kappa shape index (κ2) is 7.67. The summed E-state index contributed by atoms with van der Waals surface area (Å²) in [7, 11) is 1.64. The molecule has 0 bridgehead atoms. The highest BCUT2D eigenvalue weighted by Crippen LogP contribution is 2.28. The van der Waals surface area contributed by atoms with Gasteiger partial charge in [0.15, 0.2) is 0 Å². The number of methoxy groups -OCH3 is 1. The van der Waals surface area contributed by atoms with Gasteiger partial charge in [-0.3, -0.25) is 4.79 Å². The van der Waals surface area contributed by atoms with Crippen LogP contribution in [0.5, 0.6) is 5.75 Å². The van der Waals surface area contributed by atoms with Gasteiger partial charge in [0.2, 0.25) is 0 Å². The Bertz CT molecular complexity index is 704. The molecule has 2 rings (SSSR count). The fourth-order valence-electron chi connectivity index (χ4n) is 2.80. The minimum Gasteiger partial charge on any atom is -0.496 e. The van der Waals surface area contributed by atoms with Gasteiger partial charge in [-0.2, -0.15) is 0 Å². The lowest BCUT2D eigenvalue weighted by Gasteiger charge is -2.22. The van der Waals surface area contributed by atoms with Crippen molar-refractivity contribution >= 4 is 16.7 Å². The third-order valence-electron chi connectivity index (χ3n) is 4.22. The largest absolute Gasteiger partial charge is 0.496 e. The standard InChI is InChI=1S/C20H27NO3/c1-20(2,3)12-11-17(19(22)23)21-13-16-15-8-6-5-7-14(15)9-10-18(16)24-4/h5-10,17,21H,11-13H2,1-4H3,(H,22,23). The molecule has 2 aromatic rings. The molecule has 1 atom stereocenters. The molecular formula is C20H27NO3. The zero-order valence-electron chi connectivity index (χ0n) is 14.9. The summed E-state index contributed by atoms with van der Waals surface area (Å²) in [5.74, 6) is -0.0281. The Hall–Kier alpha value is -2.07. The van der Waals surface area contributed by atoms with Crippen molar-refractivity contribution < 1.29 is 14.6 Å². The Morgan fingerprint density at radius 1 is 1.21 bits per heavy atom. The summed E-state index contributed by atoms with van der Waals surface area (Å²) in [6.45, 7) is 6.84. The van der Waals surface area contributed by atoms with Crippen molar-refractivity contribution in [2.75, 3.05) is 7.11 Å². The molecule has 2 N–H and O–H groups in total. The molecule has 1 unspecified atom stereocenters. The average Bonchev–Trinajstić information content (AvgIpc) is 2.53. The first-order chi connectivity index (χ1) is 11.3. The molecule has 0 aromatic heterocycles. The highest BCUT2D eigenvalue weighted by Gasteiger charge is 2.21. The molecule has 0 saturated carbocycles. The molecule has 24 heavy (non-hydrogen) atoms. The van der Waals surface area contributed by atoms with E-state index in [9.17, 15) is 9.90 Å². The molecule has 130 valence electrons. The van der Waals surface area contributed by atoms with E-state index in [2.05, 4.69) is 26.1 Å². The lowest BCUT2D eigenvalue weighted by Crippen LogP contribution is -2.37. The molecule has 0 aliphatic carbocycles. The number of carboxylic acids is 1. The predicted molar refractivity (Wildman–Crippen MR) is 97.5 cm³/mol. The minimum atomic E-state index is -0.807. The molecule has 0 amide bonds. The second-order valence-corrected chi connectivity index (χ2v) is 7.34. The number of aliphatic carboxylic acids is 1. The first-order valence-corrected chi connectivity index (χ1v) is 8.32. The summed E-state index contributed by atoms with van der Waals surface area (Å²) >= 11 is 0. The lowest BCUT2D eigenvalue weighted by molar-refractivity contribution is -0.139. The molecule has 2 aromatic carbocycles. The number of hydrogen-bond donors (Lipinski definition) is 2. The van der Waals surface area contributed by atoms with Gasteiger partial charge in [-0.1, -0.05) is 51.1 Å². The van der Waals surface area contributed by atoms with Gasteiger partial charge in [-0.25, -0.2) is 0 Å². The van der Waals surface area contributed by atoms with Crippen LogP contribution in [0.15, 0.2) is 36.4 Å². The first-order valence-electron chi connectivity index (χ1n) is 8.32. The predicted octanol–water partition coefficient (Wildman–Crippen LogP) is 4.22. The van der Waals surface area contributed by atoms with E-state index >= 15 is 0 Å². The van der Waals surface area contributed by atoms with Crippen molar-refractivity contribution in [3.05, 3.63) is 42.0 Å². The fraction of sp³-hybridized carbons (Fsp3) is 0.450. The summed E-state index contributed by atoms with van der Waals surface area (Å²) in [5, 5.41) is 14.9. The van der Waals surface area contributed by atoms with Crippen molar-refractivity contribution in [1.82, 2.24) is 5.32 Å². The Kier molecular flexibility index (Phi) is 5.84. The number of nitrogens with one attached hydrogen (secondary N) is 1. The van der Waals surface area contributed by atoms with E-state index in [0.717, 1.165) is 28.5 Å². The molecule has 4 nitrogen and oxygen atoms in total. The topological polar surface area (TPSA) is 58.6 Å². The SMILES string of the molecule is COc1ccc2ccccc2c1CNC(CCC(C)(C)C)C(=O)O. The molecule has 0 radical (unpaired) electrons. The summed E-state index contributed by atoms with van der Waals surface area (Å²) < 4.78 is 5.47. The van der Waals surface area contributed by atoms with Crippen LogP contribution in [0.4, 0.5) is 0 Å². The summed E-state index contributed by atoms with van der Waals surface area (Å²) in [6, 6.07) is 11.5. The number of ether oxygens (including phenoxy) is 1. The van der Waals surface area contributed by atoms with Gasteiger partial charge in [-0.05, 0) is 35.1 Å². The van der Waals surface area contributed by atoms with Crippen LogP contribution in [0.1, 0.15) is 39.2 Å². The second-order valence-electron chi connectivity index (χ2n) is 7.34. The molecule has 0 spiro atoms. The van der Waals surface area contributed by atoms with Crippen LogP contribution in [-0.4, -0.2) is 24.2 Å². The van der Waals surface area contributed by atoms with Crippen molar-refractivity contribution in [3.8, 4) is 5.75 Å². The molecule has 0 heterocycles. The van der Waals surface area contributed by atoms with Crippen LogP contribution in [-0.2, 0) is 11.3 Å². The van der Waals surface area contributed by atoms with Crippen molar-refractivity contribution in [3.63, 3.8) is 0 Å². The maximum atomic E-state index is 11.6. The molecule has 0 saturated heterocycles. The lowest BCUT2D eigenvalue weighted by atomic mass is 9.88. The van der Waals surface area contributed by atoms with Gasteiger partial charge in [0.25, 0.3) is 0 Å². The van der Waals surface area contributed by atoms with Crippen LogP contribution in [0, 0.1) is 5.41 Å². The van der Waals surface area contributed by atoms with Gasteiger partial charge in [0.05, 0.1) is 7.11 Å². The number of carbonyl (C=O) groups is 1. The number of rotatable bonds is 7. The van der Waals surface area contributed by atoms with Crippen LogP contribution in [0.2, 0.25) is 0 Å². The van der Waals surface area contributed by atoms with Gasteiger partial charge >= 0.3 is 5.97 Å². The van der Waals surface area contributed by atoms with Gasteiger partial charge in [0, 0.05) is 12.1 Å². The van der Waals surface area contributed by atoms with Crippen molar-refractivity contribution in [2.24, 2.45) is 5.41 Å². The normalized spacial score (nSPS) is 13.0. The van der Waals surface area contributed by atoms with Gasteiger partial charge in [-0.15, -0.1) is 0 Å². The van der Waals surface area contributed by atoms with E-state index < -0.39 is 12.0 Å². The van der Waals surface area contributed by atoms with Crippen molar-refractivity contribution in [2.45, 2.75) is 46.2 Å². The molecule has 0 fully saturated rings. The third-order valence-corrected chi connectivity index (χ3v) is 4.22. The number of benzene rings is 2. The van der Waals surface area contributed by atoms with Crippen LogP contribution in [0.3, 0.4) is 0 Å². The Balaban J connectivity index is 2.20. The number of hydrogen-bond acceptors (Lipinski definition) is 3. The van der Waals surface area contributed by atoms with Crippen LogP contribution < -0.4 is 10.1 Å². The fourth-order valence-corrected chi connectivity index (χ4v) is 2.80. The maximum absolute atomic E-state index is 11.6. The van der Waals surface area contributed by atoms with Crippen LogP contribution in [0.25, 0.3) is 10.8 Å². The Morgan fingerprint density at radius 2 is 1.92 bits per heavy atom. The van der Waals surface area contributed by atoms with E-state index in [1.165, 1.54) is 0 Å². The Morgan fingerprint density at radius 3 is 2.54 bits per heavy atom. The van der Waals surface area contributed by atoms with E-state index in [1.54, 1.807) is 7.11 Å². The van der Waals surface area contributed by atoms with E-state index in [0.29, 0.717) is 13.0 Å². The van der Waals surface area contributed by atoms with Crippen molar-refractivity contribution in [1.29, 1.82) is 0 Å². The third kappa shape index (κ3) is 4.71. The summed E-state index contributed by atoms with van der Waals surface area (Å²) in [6.07, 6.45) is 1.45. The van der Waals surface area contributed by atoms with E-state index in [4.69, 9.17) is 4.74 Å². The summed E-state index contributed by atoms with van der Waals surface area (Å²) in [5.41, 5.74) is 1.12. The Labute approximate surface area is 143 Å². The minimum absolute atomic E-state index is 0.118. The van der Waals surface area contributed by atoms with Gasteiger partial charge < -0.3 is 15.2 Å². The monoisotopic (exact) mass is 329 g/mol. The van der Waals surface area contributed by atoms with E-state index in [1.807, 2.05) is 36.4 Å². The molecule has 0 aliphatic heterocycles. The molecular weight excluding hydrogens is 302 g/mol. The van der Waals surface area contributed by atoms with Gasteiger partial charge in [0.1, 0.15) is 11.8 Å². The quantitative estimate of drug-likeness (QED) is 0.798. The number of carboxylic acid groups (broad SMARTS) is 1. The highest BCUT2D eigenvalue weighted by atomic mass is 16.5. The zero-order chi connectivity index (χ0) is 17.7. The summed E-state index contributed by atoms with van der Waals surface area (Å²) in [4.78, 5) is 11.6. The first kappa shape index (κ1) is 18.3. The molecule has 4 heteroatoms. The highest BCUT2D eigenvalue weighted by molar-refractivity contribution is 5.87. The smallest absolute Gasteiger partial charge is 0.320 e. The van der Waals surface area contributed by atoms with E-state index in [-0.39, 0.29) is 5.41 Å². The average molecular weight is 329 g/mol. The number of fused-ring (bicyclic) bond motifs is 1. The zero-order valence-corrected chi connectivity index (χ0v) is 14.9. The maximum Gasteiger partial charge on any atom is 0.320 e.